The molecule has 0 saturated heterocycles. The van der Waals surface area contributed by atoms with Crippen LogP contribution in [0.2, 0.25) is 0 Å². The highest BCUT2D eigenvalue weighted by atomic mass is 16.5. The van der Waals surface area contributed by atoms with E-state index in [0.717, 1.165) is 17.0 Å². The Morgan fingerprint density at radius 2 is 1.90 bits per heavy atom. The van der Waals surface area contributed by atoms with Crippen LogP contribution in [0.4, 0.5) is 5.82 Å². The minimum absolute atomic E-state index is 0.539. The van der Waals surface area contributed by atoms with Crippen LogP contribution in [0.3, 0.4) is 0 Å². The Balaban J connectivity index is 2.15. The second-order valence-electron chi connectivity index (χ2n) is 4.93. The van der Waals surface area contributed by atoms with Crippen LogP contribution in [0.5, 0.6) is 6.01 Å². The van der Waals surface area contributed by atoms with Crippen molar-refractivity contribution >= 4 is 17.0 Å². The number of aromatic nitrogens is 4. The van der Waals surface area contributed by atoms with Gasteiger partial charge in [0.25, 0.3) is 6.01 Å². The molecule has 3 rings (SSSR count). The molecule has 0 radical (unpaired) electrons. The van der Waals surface area contributed by atoms with Gasteiger partial charge in [-0.3, -0.25) is 4.57 Å². The monoisotopic (exact) mass is 283 g/mol. The molecule has 0 atom stereocenters. The number of fused-ring (bicyclic) bond motifs is 1. The molecule has 0 saturated carbocycles. The summed E-state index contributed by atoms with van der Waals surface area (Å²) in [6, 6.07) is 10.7. The van der Waals surface area contributed by atoms with Gasteiger partial charge in [-0.2, -0.15) is 4.98 Å². The molecule has 0 amide bonds. The second-order valence-corrected chi connectivity index (χ2v) is 4.93. The predicted octanol–water partition coefficient (Wildman–Crippen LogP) is 1.95. The molecular weight excluding hydrogens is 266 g/mol. The summed E-state index contributed by atoms with van der Waals surface area (Å²) in [6.07, 6.45) is 1.56. The topological polar surface area (TPSA) is 56.1 Å². The first-order valence-corrected chi connectivity index (χ1v) is 6.67. The predicted molar refractivity (Wildman–Crippen MR) is 81.7 cm³/mol. The maximum atomic E-state index is 5.40. The van der Waals surface area contributed by atoms with Crippen molar-refractivity contribution in [3.8, 4) is 6.01 Å². The number of anilines is 1. The third-order valence-electron chi connectivity index (χ3n) is 3.27. The molecule has 0 bridgehead atoms. The van der Waals surface area contributed by atoms with E-state index in [4.69, 9.17) is 4.74 Å². The van der Waals surface area contributed by atoms with E-state index >= 15 is 0 Å². The number of nitrogens with zero attached hydrogens (tertiary/aromatic N) is 5. The van der Waals surface area contributed by atoms with Crippen molar-refractivity contribution in [1.29, 1.82) is 0 Å². The first-order valence-electron chi connectivity index (χ1n) is 6.67. The molecule has 0 N–H and O–H groups in total. The number of benzene rings is 1. The van der Waals surface area contributed by atoms with Gasteiger partial charge in [-0.05, 0) is 5.56 Å². The molecule has 0 unspecified atom stereocenters. The molecule has 0 aliphatic carbocycles. The van der Waals surface area contributed by atoms with Crippen molar-refractivity contribution < 1.29 is 4.74 Å². The van der Waals surface area contributed by atoms with Crippen LogP contribution in [-0.4, -0.2) is 40.7 Å². The van der Waals surface area contributed by atoms with Crippen LogP contribution in [-0.2, 0) is 6.54 Å². The normalized spacial score (nSPS) is 10.8. The molecule has 2 aromatic heterocycles. The Hall–Kier alpha value is -2.63. The van der Waals surface area contributed by atoms with E-state index in [1.54, 1.807) is 13.4 Å². The largest absolute Gasteiger partial charge is 0.468 e. The summed E-state index contributed by atoms with van der Waals surface area (Å²) < 4.78 is 7.36. The van der Waals surface area contributed by atoms with E-state index in [-0.39, 0.29) is 0 Å². The van der Waals surface area contributed by atoms with Gasteiger partial charge < -0.3 is 9.64 Å². The Labute approximate surface area is 123 Å². The second kappa shape index (κ2) is 5.40. The third kappa shape index (κ3) is 2.40. The van der Waals surface area contributed by atoms with E-state index in [2.05, 4.69) is 27.1 Å². The van der Waals surface area contributed by atoms with Crippen molar-refractivity contribution in [2.24, 2.45) is 0 Å². The van der Waals surface area contributed by atoms with Gasteiger partial charge in [-0.25, -0.2) is 9.97 Å². The van der Waals surface area contributed by atoms with Gasteiger partial charge in [0.1, 0.15) is 6.33 Å². The number of methoxy groups -OCH3 is 1. The molecule has 6 heteroatoms. The molecule has 0 spiro atoms. The number of hydrogen-bond donors (Lipinski definition) is 0. The zero-order valence-corrected chi connectivity index (χ0v) is 12.3. The quantitative estimate of drug-likeness (QED) is 0.732. The van der Waals surface area contributed by atoms with Crippen LogP contribution < -0.4 is 9.64 Å². The molecule has 0 fully saturated rings. The minimum Gasteiger partial charge on any atom is -0.468 e. The summed E-state index contributed by atoms with van der Waals surface area (Å²) in [5.41, 5.74) is 2.68. The van der Waals surface area contributed by atoms with E-state index in [1.807, 2.05) is 41.8 Å². The lowest BCUT2D eigenvalue weighted by Gasteiger charge is -2.11. The standard InChI is InChI=1S/C15H17N5O/c1-19(2)13-12-14(17-10-16-13)20(15(18-12)21-3)9-11-7-5-4-6-8-11/h4-8,10H,9H2,1-3H3. The zero-order chi connectivity index (χ0) is 14.8. The summed E-state index contributed by atoms with van der Waals surface area (Å²) in [6.45, 7) is 0.657. The molecule has 0 aliphatic rings. The molecule has 0 aliphatic heterocycles. The van der Waals surface area contributed by atoms with Gasteiger partial charge in [0, 0.05) is 14.1 Å². The van der Waals surface area contributed by atoms with E-state index in [1.165, 1.54) is 5.56 Å². The minimum atomic E-state index is 0.539. The van der Waals surface area contributed by atoms with E-state index in [0.29, 0.717) is 12.6 Å². The van der Waals surface area contributed by atoms with Crippen LogP contribution in [0.25, 0.3) is 11.2 Å². The van der Waals surface area contributed by atoms with Gasteiger partial charge in [0.05, 0.1) is 13.7 Å². The fraction of sp³-hybridized carbons (Fsp3) is 0.267. The Bertz CT molecular complexity index is 751. The third-order valence-corrected chi connectivity index (χ3v) is 3.27. The van der Waals surface area contributed by atoms with Crippen molar-refractivity contribution in [2.45, 2.75) is 6.54 Å². The summed E-state index contributed by atoms with van der Waals surface area (Å²) in [4.78, 5) is 15.1. The maximum Gasteiger partial charge on any atom is 0.298 e. The lowest BCUT2D eigenvalue weighted by atomic mass is 10.2. The molecule has 3 aromatic rings. The van der Waals surface area contributed by atoms with Crippen molar-refractivity contribution in [3.63, 3.8) is 0 Å². The molecule has 6 nitrogen and oxygen atoms in total. The summed E-state index contributed by atoms with van der Waals surface area (Å²) in [7, 11) is 5.49. The fourth-order valence-electron chi connectivity index (χ4n) is 2.30. The number of rotatable bonds is 4. The molecule has 108 valence electrons. The van der Waals surface area contributed by atoms with Crippen LogP contribution in [0.15, 0.2) is 36.7 Å². The van der Waals surface area contributed by atoms with E-state index in [9.17, 15) is 0 Å². The van der Waals surface area contributed by atoms with Gasteiger partial charge in [0.15, 0.2) is 17.0 Å². The van der Waals surface area contributed by atoms with Crippen LogP contribution >= 0.6 is 0 Å². The fourth-order valence-corrected chi connectivity index (χ4v) is 2.30. The maximum absolute atomic E-state index is 5.40. The highest BCUT2D eigenvalue weighted by molar-refractivity contribution is 5.84. The summed E-state index contributed by atoms with van der Waals surface area (Å²) >= 11 is 0. The van der Waals surface area contributed by atoms with Crippen molar-refractivity contribution in [1.82, 2.24) is 19.5 Å². The van der Waals surface area contributed by atoms with E-state index < -0.39 is 0 Å². The van der Waals surface area contributed by atoms with Crippen molar-refractivity contribution in [2.75, 3.05) is 26.1 Å². The average Bonchev–Trinajstić information content (AvgIpc) is 2.86. The molecular formula is C15H17N5O. The highest BCUT2D eigenvalue weighted by Gasteiger charge is 2.17. The van der Waals surface area contributed by atoms with Gasteiger partial charge in [0.2, 0.25) is 0 Å². The molecule has 1 aromatic carbocycles. The zero-order valence-electron chi connectivity index (χ0n) is 12.3. The SMILES string of the molecule is COc1nc2c(N(C)C)ncnc2n1Cc1ccccc1. The van der Waals surface area contributed by atoms with Crippen molar-refractivity contribution in [3.05, 3.63) is 42.2 Å². The average molecular weight is 283 g/mol. The van der Waals surface area contributed by atoms with Gasteiger partial charge in [-0.15, -0.1) is 0 Å². The van der Waals surface area contributed by atoms with Gasteiger partial charge >= 0.3 is 0 Å². The highest BCUT2D eigenvalue weighted by Crippen LogP contribution is 2.26. The van der Waals surface area contributed by atoms with Crippen LogP contribution in [0.1, 0.15) is 5.56 Å². The van der Waals surface area contributed by atoms with Crippen LogP contribution in [0, 0.1) is 0 Å². The number of imidazole rings is 1. The molecule has 2 heterocycles. The lowest BCUT2D eigenvalue weighted by Crippen LogP contribution is -2.11. The molecule has 21 heavy (non-hydrogen) atoms. The smallest absolute Gasteiger partial charge is 0.298 e. The van der Waals surface area contributed by atoms with Gasteiger partial charge in [-0.1, -0.05) is 30.3 Å². The first-order chi connectivity index (χ1) is 10.2. The number of hydrogen-bond acceptors (Lipinski definition) is 5. The Morgan fingerprint density at radius 3 is 2.57 bits per heavy atom. The summed E-state index contributed by atoms with van der Waals surface area (Å²) in [5.74, 6) is 0.783. The first kappa shape index (κ1) is 13.4. The number of ether oxygens (including phenoxy) is 1. The lowest BCUT2D eigenvalue weighted by molar-refractivity contribution is 0.363. The summed E-state index contributed by atoms with van der Waals surface area (Å²) in [5, 5.41) is 0. The Morgan fingerprint density at radius 1 is 1.14 bits per heavy atom. The Kier molecular flexibility index (Phi) is 3.43.